The highest BCUT2D eigenvalue weighted by atomic mass is 16.5. The third-order valence-corrected chi connectivity index (χ3v) is 4.79. The average Bonchev–Trinajstić information content (AvgIpc) is 2.93. The van der Waals surface area contributed by atoms with Crippen molar-refractivity contribution in [2.75, 3.05) is 7.11 Å². The number of methoxy groups -OCH3 is 1. The van der Waals surface area contributed by atoms with E-state index in [1.807, 2.05) is 73.0 Å². The highest BCUT2D eigenvalue weighted by Gasteiger charge is 2.22. The molecule has 27 heavy (non-hydrogen) atoms. The SMILES string of the molecule is COc1ccc(CNCc2c(C(=O)O)c(C)n(-c3ccccc3)c2C)cc1. The Morgan fingerprint density at radius 2 is 1.67 bits per heavy atom. The molecule has 2 aromatic carbocycles. The summed E-state index contributed by atoms with van der Waals surface area (Å²) in [6.07, 6.45) is 0. The lowest BCUT2D eigenvalue weighted by Gasteiger charge is -2.10. The molecule has 1 heterocycles. The highest BCUT2D eigenvalue weighted by Crippen LogP contribution is 2.26. The molecule has 0 spiro atoms. The number of carbonyl (C=O) groups is 1. The molecule has 0 radical (unpaired) electrons. The van der Waals surface area contributed by atoms with Gasteiger partial charge in [-0.25, -0.2) is 4.79 Å². The molecular weight excluding hydrogens is 340 g/mol. The Morgan fingerprint density at radius 1 is 1.00 bits per heavy atom. The Balaban J connectivity index is 1.84. The van der Waals surface area contributed by atoms with Crippen molar-refractivity contribution in [3.8, 4) is 11.4 Å². The predicted octanol–water partition coefficient (Wildman–Crippen LogP) is 4.09. The molecule has 3 aromatic rings. The number of nitrogens with zero attached hydrogens (tertiary/aromatic N) is 1. The van der Waals surface area contributed by atoms with Crippen LogP contribution in [0.15, 0.2) is 54.6 Å². The summed E-state index contributed by atoms with van der Waals surface area (Å²) >= 11 is 0. The monoisotopic (exact) mass is 364 g/mol. The molecular formula is C22H24N2O3. The van der Waals surface area contributed by atoms with Gasteiger partial charge in [-0.2, -0.15) is 0 Å². The fourth-order valence-electron chi connectivity index (χ4n) is 3.44. The minimum absolute atomic E-state index is 0.374. The normalized spacial score (nSPS) is 10.8. The quantitative estimate of drug-likeness (QED) is 0.663. The third kappa shape index (κ3) is 3.88. The molecule has 5 heteroatoms. The van der Waals surface area contributed by atoms with E-state index >= 15 is 0 Å². The molecule has 2 N–H and O–H groups in total. The molecule has 0 aliphatic heterocycles. The number of para-hydroxylation sites is 1. The minimum Gasteiger partial charge on any atom is -0.497 e. The maximum absolute atomic E-state index is 11.9. The summed E-state index contributed by atoms with van der Waals surface area (Å²) < 4.78 is 7.18. The second-order valence-corrected chi connectivity index (χ2v) is 6.45. The molecule has 1 aromatic heterocycles. The number of nitrogens with one attached hydrogen (secondary N) is 1. The van der Waals surface area contributed by atoms with Crippen molar-refractivity contribution in [1.82, 2.24) is 9.88 Å². The Morgan fingerprint density at radius 3 is 2.26 bits per heavy atom. The van der Waals surface area contributed by atoms with E-state index in [1.165, 1.54) is 0 Å². The molecule has 0 saturated heterocycles. The molecule has 0 fully saturated rings. The maximum Gasteiger partial charge on any atom is 0.337 e. The van der Waals surface area contributed by atoms with Crippen molar-refractivity contribution in [1.29, 1.82) is 0 Å². The first-order chi connectivity index (χ1) is 13.0. The van der Waals surface area contributed by atoms with Gasteiger partial charge in [-0.05, 0) is 43.7 Å². The van der Waals surface area contributed by atoms with Crippen LogP contribution in [0.2, 0.25) is 0 Å². The molecule has 0 amide bonds. The number of aromatic nitrogens is 1. The van der Waals surface area contributed by atoms with Crippen LogP contribution in [-0.2, 0) is 13.1 Å². The van der Waals surface area contributed by atoms with Crippen LogP contribution in [0, 0.1) is 13.8 Å². The van der Waals surface area contributed by atoms with Crippen molar-refractivity contribution in [2.24, 2.45) is 0 Å². The van der Waals surface area contributed by atoms with E-state index in [4.69, 9.17) is 4.74 Å². The molecule has 0 saturated carbocycles. The van der Waals surface area contributed by atoms with Gasteiger partial charge < -0.3 is 19.7 Å². The minimum atomic E-state index is -0.897. The first kappa shape index (κ1) is 18.7. The summed E-state index contributed by atoms with van der Waals surface area (Å²) in [5, 5.41) is 13.1. The summed E-state index contributed by atoms with van der Waals surface area (Å²) in [6, 6.07) is 17.7. The molecule has 0 unspecified atom stereocenters. The average molecular weight is 364 g/mol. The van der Waals surface area contributed by atoms with Crippen LogP contribution in [0.3, 0.4) is 0 Å². The zero-order valence-corrected chi connectivity index (χ0v) is 15.8. The van der Waals surface area contributed by atoms with E-state index in [9.17, 15) is 9.90 Å². The van der Waals surface area contributed by atoms with E-state index < -0.39 is 5.97 Å². The molecule has 0 atom stereocenters. The first-order valence-corrected chi connectivity index (χ1v) is 8.86. The number of hydrogen-bond acceptors (Lipinski definition) is 3. The number of ether oxygens (including phenoxy) is 1. The van der Waals surface area contributed by atoms with Crippen LogP contribution in [0.1, 0.15) is 32.9 Å². The Labute approximate surface area is 159 Å². The van der Waals surface area contributed by atoms with Crippen molar-refractivity contribution >= 4 is 5.97 Å². The number of aromatic carboxylic acids is 1. The van der Waals surface area contributed by atoms with Gasteiger partial charge in [-0.1, -0.05) is 30.3 Å². The largest absolute Gasteiger partial charge is 0.497 e. The van der Waals surface area contributed by atoms with E-state index in [0.29, 0.717) is 18.7 Å². The lowest BCUT2D eigenvalue weighted by atomic mass is 10.1. The molecule has 0 bridgehead atoms. The van der Waals surface area contributed by atoms with Gasteiger partial charge in [0, 0.05) is 35.7 Å². The fourth-order valence-corrected chi connectivity index (χ4v) is 3.44. The topological polar surface area (TPSA) is 63.5 Å². The lowest BCUT2D eigenvalue weighted by molar-refractivity contribution is 0.0695. The standard InChI is InChI=1S/C22H24N2O3/c1-15-20(14-23-13-17-9-11-19(27-3)12-10-17)21(22(25)26)16(2)24(15)18-7-5-4-6-8-18/h4-12,23H,13-14H2,1-3H3,(H,25,26). The van der Waals surface area contributed by atoms with E-state index in [0.717, 1.165) is 34.0 Å². The van der Waals surface area contributed by atoms with Crippen LogP contribution < -0.4 is 10.1 Å². The van der Waals surface area contributed by atoms with Crippen LogP contribution in [0.25, 0.3) is 5.69 Å². The Bertz CT molecular complexity index is 928. The zero-order chi connectivity index (χ0) is 19.4. The molecule has 3 rings (SSSR count). The predicted molar refractivity (Wildman–Crippen MR) is 106 cm³/mol. The summed E-state index contributed by atoms with van der Waals surface area (Å²) in [7, 11) is 1.64. The maximum atomic E-state index is 11.9. The Kier molecular flexibility index (Phi) is 5.62. The third-order valence-electron chi connectivity index (χ3n) is 4.79. The number of rotatable bonds is 7. The van der Waals surface area contributed by atoms with Crippen LogP contribution in [-0.4, -0.2) is 22.8 Å². The van der Waals surface area contributed by atoms with Crippen molar-refractivity contribution in [3.05, 3.63) is 82.7 Å². The zero-order valence-electron chi connectivity index (χ0n) is 15.8. The molecule has 5 nitrogen and oxygen atoms in total. The number of benzene rings is 2. The summed E-state index contributed by atoms with van der Waals surface area (Å²) in [4.78, 5) is 11.9. The summed E-state index contributed by atoms with van der Waals surface area (Å²) in [5.74, 6) is -0.0788. The first-order valence-electron chi connectivity index (χ1n) is 8.86. The van der Waals surface area contributed by atoms with Crippen LogP contribution in [0.4, 0.5) is 0 Å². The smallest absolute Gasteiger partial charge is 0.337 e. The fraction of sp³-hybridized carbons (Fsp3) is 0.227. The number of carboxylic acid groups (broad SMARTS) is 1. The Hall–Kier alpha value is -3.05. The molecule has 140 valence electrons. The molecule has 0 aliphatic rings. The lowest BCUT2D eigenvalue weighted by Crippen LogP contribution is -2.15. The highest BCUT2D eigenvalue weighted by molar-refractivity contribution is 5.91. The van der Waals surface area contributed by atoms with E-state index in [2.05, 4.69) is 5.32 Å². The van der Waals surface area contributed by atoms with Crippen LogP contribution in [0.5, 0.6) is 5.75 Å². The van der Waals surface area contributed by atoms with Gasteiger partial charge in [0.05, 0.1) is 12.7 Å². The van der Waals surface area contributed by atoms with Gasteiger partial charge >= 0.3 is 5.97 Å². The van der Waals surface area contributed by atoms with Gasteiger partial charge in [0.25, 0.3) is 0 Å². The summed E-state index contributed by atoms with van der Waals surface area (Å²) in [6.45, 7) is 4.96. The number of hydrogen-bond donors (Lipinski definition) is 2. The molecule has 0 aliphatic carbocycles. The van der Waals surface area contributed by atoms with E-state index in [-0.39, 0.29) is 0 Å². The van der Waals surface area contributed by atoms with Gasteiger partial charge in [-0.3, -0.25) is 0 Å². The van der Waals surface area contributed by atoms with Crippen molar-refractivity contribution < 1.29 is 14.6 Å². The van der Waals surface area contributed by atoms with Gasteiger partial charge in [0.2, 0.25) is 0 Å². The van der Waals surface area contributed by atoms with Crippen molar-refractivity contribution in [3.63, 3.8) is 0 Å². The number of carboxylic acids is 1. The second kappa shape index (κ2) is 8.10. The van der Waals surface area contributed by atoms with Gasteiger partial charge in [0.1, 0.15) is 5.75 Å². The van der Waals surface area contributed by atoms with Crippen LogP contribution >= 0.6 is 0 Å². The summed E-state index contributed by atoms with van der Waals surface area (Å²) in [5.41, 5.74) is 4.96. The second-order valence-electron chi connectivity index (χ2n) is 6.45. The van der Waals surface area contributed by atoms with Gasteiger partial charge in [-0.15, -0.1) is 0 Å². The van der Waals surface area contributed by atoms with E-state index in [1.54, 1.807) is 7.11 Å². The van der Waals surface area contributed by atoms with Gasteiger partial charge in [0.15, 0.2) is 0 Å². The van der Waals surface area contributed by atoms with Crippen molar-refractivity contribution in [2.45, 2.75) is 26.9 Å².